The van der Waals surface area contributed by atoms with E-state index in [1.54, 1.807) is 24.3 Å². The Morgan fingerprint density at radius 3 is 2.67 bits per heavy atom. The van der Waals surface area contributed by atoms with Crippen LogP contribution in [0.3, 0.4) is 0 Å². The van der Waals surface area contributed by atoms with Gasteiger partial charge in [0, 0.05) is 30.3 Å². The highest BCUT2D eigenvalue weighted by Gasteiger charge is 2.05. The maximum Gasteiger partial charge on any atom is 0.288 e. The summed E-state index contributed by atoms with van der Waals surface area (Å²) in [5, 5.41) is 2.98. The number of anilines is 1. The van der Waals surface area contributed by atoms with Crippen molar-refractivity contribution in [3.8, 4) is 0 Å². The van der Waals surface area contributed by atoms with Crippen LogP contribution in [0.15, 0.2) is 34.2 Å². The van der Waals surface area contributed by atoms with Gasteiger partial charge in [0.2, 0.25) is 5.96 Å². The first-order valence-electron chi connectivity index (χ1n) is 6.56. The van der Waals surface area contributed by atoms with E-state index in [0.29, 0.717) is 42.4 Å². The zero-order valence-corrected chi connectivity index (χ0v) is 12.6. The Morgan fingerprint density at radius 2 is 2.10 bits per heavy atom. The Kier molecular flexibility index (Phi) is 8.72. The first kappa shape index (κ1) is 17.7. The number of nitrogens with zero attached hydrogens (tertiary/aromatic N) is 1. The fourth-order valence-corrected chi connectivity index (χ4v) is 1.98. The van der Waals surface area contributed by atoms with Crippen LogP contribution in [0, 0.1) is 0 Å². The molecule has 0 aromatic heterocycles. The maximum atomic E-state index is 12.2. The molecule has 0 aliphatic rings. The average Bonchev–Trinajstić information content (AvgIpc) is 2.47. The van der Waals surface area contributed by atoms with E-state index in [2.05, 4.69) is 15.7 Å². The quantitative estimate of drug-likeness (QED) is 0.172. The SMILES string of the molecule is CCOCCCN=C(NN)Nc1ccc(SC(F)F)cc1. The monoisotopic (exact) mass is 318 g/mol. The number of aliphatic imine (C=N–C) groups is 1. The van der Waals surface area contributed by atoms with Gasteiger partial charge in [0.05, 0.1) is 0 Å². The number of hydrogen-bond donors (Lipinski definition) is 3. The molecular weight excluding hydrogens is 298 g/mol. The molecule has 0 spiro atoms. The van der Waals surface area contributed by atoms with E-state index in [0.717, 1.165) is 12.1 Å². The maximum absolute atomic E-state index is 12.2. The van der Waals surface area contributed by atoms with E-state index in [1.807, 2.05) is 6.92 Å². The molecule has 1 aromatic carbocycles. The minimum atomic E-state index is -2.42. The van der Waals surface area contributed by atoms with Crippen molar-refractivity contribution < 1.29 is 13.5 Å². The second-order valence-corrected chi connectivity index (χ2v) is 5.02. The Balaban J connectivity index is 2.46. The zero-order valence-electron chi connectivity index (χ0n) is 11.8. The van der Waals surface area contributed by atoms with E-state index < -0.39 is 5.76 Å². The van der Waals surface area contributed by atoms with E-state index in [-0.39, 0.29) is 0 Å². The smallest absolute Gasteiger partial charge is 0.288 e. The molecule has 0 fully saturated rings. The first-order chi connectivity index (χ1) is 10.2. The molecule has 5 nitrogen and oxygen atoms in total. The van der Waals surface area contributed by atoms with Gasteiger partial charge in [-0.15, -0.1) is 0 Å². The highest BCUT2D eigenvalue weighted by molar-refractivity contribution is 7.99. The molecular formula is C13H20F2N4OS. The van der Waals surface area contributed by atoms with Gasteiger partial charge < -0.3 is 10.1 Å². The third kappa shape index (κ3) is 7.84. The van der Waals surface area contributed by atoms with Crippen LogP contribution < -0.4 is 16.6 Å². The fourth-order valence-electron chi connectivity index (χ4n) is 1.48. The molecule has 0 saturated heterocycles. The van der Waals surface area contributed by atoms with Crippen molar-refractivity contribution in [3.63, 3.8) is 0 Å². The fraction of sp³-hybridized carbons (Fsp3) is 0.462. The molecule has 0 radical (unpaired) electrons. The Bertz CT molecular complexity index is 429. The Labute approximate surface area is 127 Å². The molecule has 0 heterocycles. The standard InChI is InChI=1S/C13H20F2N4OS/c1-2-20-9-3-8-17-13(19-16)18-10-4-6-11(7-5-10)21-12(14)15/h4-7,12H,2-3,8-9,16H2,1H3,(H2,17,18,19). The number of guanidine groups is 1. The van der Waals surface area contributed by atoms with Gasteiger partial charge in [-0.3, -0.25) is 10.4 Å². The van der Waals surface area contributed by atoms with Crippen molar-refractivity contribution in [2.45, 2.75) is 24.0 Å². The predicted molar refractivity (Wildman–Crippen MR) is 82.7 cm³/mol. The normalized spacial score (nSPS) is 11.8. The lowest BCUT2D eigenvalue weighted by atomic mass is 10.3. The van der Waals surface area contributed by atoms with Crippen LogP contribution >= 0.6 is 11.8 Å². The molecule has 1 aromatic rings. The lowest BCUT2D eigenvalue weighted by molar-refractivity contribution is 0.146. The van der Waals surface area contributed by atoms with Crippen molar-refractivity contribution in [1.29, 1.82) is 0 Å². The molecule has 0 aliphatic heterocycles. The summed E-state index contributed by atoms with van der Waals surface area (Å²) in [5.74, 6) is 3.38. The Morgan fingerprint density at radius 1 is 1.38 bits per heavy atom. The number of hydrazine groups is 1. The molecule has 4 N–H and O–H groups in total. The second kappa shape index (κ2) is 10.4. The minimum absolute atomic E-state index is 0.417. The number of nitrogens with one attached hydrogen (secondary N) is 2. The van der Waals surface area contributed by atoms with E-state index >= 15 is 0 Å². The number of hydrogen-bond acceptors (Lipinski definition) is 4. The topological polar surface area (TPSA) is 71.7 Å². The largest absolute Gasteiger partial charge is 0.382 e. The summed E-state index contributed by atoms with van der Waals surface area (Å²) < 4.78 is 29.6. The van der Waals surface area contributed by atoms with Crippen molar-refractivity contribution in [2.24, 2.45) is 10.8 Å². The van der Waals surface area contributed by atoms with Gasteiger partial charge in [-0.2, -0.15) is 8.78 Å². The number of alkyl halides is 2. The van der Waals surface area contributed by atoms with Gasteiger partial charge in [-0.05, 0) is 37.6 Å². The van der Waals surface area contributed by atoms with Gasteiger partial charge in [-0.25, -0.2) is 5.84 Å². The summed E-state index contributed by atoms with van der Waals surface area (Å²) in [5.41, 5.74) is 3.18. The Hall–Kier alpha value is -1.38. The number of halogens is 2. The first-order valence-corrected chi connectivity index (χ1v) is 7.44. The van der Waals surface area contributed by atoms with Gasteiger partial charge in [-0.1, -0.05) is 11.8 Å². The highest BCUT2D eigenvalue weighted by Crippen LogP contribution is 2.26. The van der Waals surface area contributed by atoms with Gasteiger partial charge in [0.25, 0.3) is 5.76 Å². The molecule has 0 atom stereocenters. The molecule has 118 valence electrons. The third-order valence-corrected chi connectivity index (χ3v) is 3.12. The van der Waals surface area contributed by atoms with E-state index in [4.69, 9.17) is 10.6 Å². The highest BCUT2D eigenvalue weighted by atomic mass is 32.2. The summed E-state index contributed by atoms with van der Waals surface area (Å²) >= 11 is 0.508. The van der Waals surface area contributed by atoms with Gasteiger partial charge in [0.15, 0.2) is 0 Å². The molecule has 8 heteroatoms. The predicted octanol–water partition coefficient (Wildman–Crippen LogP) is 2.66. The average molecular weight is 318 g/mol. The van der Waals surface area contributed by atoms with Crippen LogP contribution in [0.25, 0.3) is 0 Å². The van der Waals surface area contributed by atoms with Gasteiger partial charge in [0.1, 0.15) is 0 Å². The number of nitrogens with two attached hydrogens (primary N) is 1. The van der Waals surface area contributed by atoms with Crippen molar-refractivity contribution >= 4 is 23.4 Å². The second-order valence-electron chi connectivity index (χ2n) is 3.95. The van der Waals surface area contributed by atoms with Crippen molar-refractivity contribution in [3.05, 3.63) is 24.3 Å². The van der Waals surface area contributed by atoms with Gasteiger partial charge >= 0.3 is 0 Å². The molecule has 21 heavy (non-hydrogen) atoms. The lowest BCUT2D eigenvalue weighted by Crippen LogP contribution is -2.36. The van der Waals surface area contributed by atoms with Crippen LogP contribution in [-0.4, -0.2) is 31.5 Å². The number of thioether (sulfide) groups is 1. The summed E-state index contributed by atoms with van der Waals surface area (Å²) in [6.07, 6.45) is 0.796. The summed E-state index contributed by atoms with van der Waals surface area (Å²) in [6.45, 7) is 3.85. The molecule has 1 rings (SSSR count). The number of benzene rings is 1. The van der Waals surface area contributed by atoms with Crippen molar-refractivity contribution in [1.82, 2.24) is 5.43 Å². The zero-order chi connectivity index (χ0) is 15.5. The molecule has 0 amide bonds. The molecule has 0 saturated carbocycles. The van der Waals surface area contributed by atoms with Crippen LogP contribution in [0.5, 0.6) is 0 Å². The van der Waals surface area contributed by atoms with E-state index in [1.165, 1.54) is 0 Å². The van der Waals surface area contributed by atoms with Crippen LogP contribution in [0.1, 0.15) is 13.3 Å². The molecule has 0 bridgehead atoms. The minimum Gasteiger partial charge on any atom is -0.382 e. The summed E-state index contributed by atoms with van der Waals surface area (Å²) in [7, 11) is 0. The molecule has 0 unspecified atom stereocenters. The summed E-state index contributed by atoms with van der Waals surface area (Å²) in [4.78, 5) is 4.75. The van der Waals surface area contributed by atoms with Crippen LogP contribution in [-0.2, 0) is 4.74 Å². The molecule has 0 aliphatic carbocycles. The number of ether oxygens (including phenoxy) is 1. The number of rotatable bonds is 8. The lowest BCUT2D eigenvalue weighted by Gasteiger charge is -2.10. The van der Waals surface area contributed by atoms with Crippen LogP contribution in [0.2, 0.25) is 0 Å². The third-order valence-electron chi connectivity index (χ3n) is 2.40. The summed E-state index contributed by atoms with van der Waals surface area (Å²) in [6, 6.07) is 6.61. The van der Waals surface area contributed by atoms with E-state index in [9.17, 15) is 8.78 Å². The van der Waals surface area contributed by atoms with Crippen LogP contribution in [0.4, 0.5) is 14.5 Å². The van der Waals surface area contributed by atoms with Crippen molar-refractivity contribution in [2.75, 3.05) is 25.1 Å².